The van der Waals surface area contributed by atoms with E-state index in [4.69, 9.17) is 16.3 Å². The van der Waals surface area contributed by atoms with Gasteiger partial charge in [-0.3, -0.25) is 9.48 Å². The van der Waals surface area contributed by atoms with Crippen molar-refractivity contribution in [1.82, 2.24) is 15.1 Å². The van der Waals surface area contributed by atoms with Crippen LogP contribution in [-0.4, -0.2) is 29.3 Å². The van der Waals surface area contributed by atoms with Crippen LogP contribution in [0.2, 0.25) is 5.02 Å². The summed E-state index contributed by atoms with van der Waals surface area (Å²) in [6.45, 7) is 2.13. The molecule has 1 unspecified atom stereocenters. The lowest BCUT2D eigenvalue weighted by Crippen LogP contribution is -2.40. The van der Waals surface area contributed by atoms with E-state index in [1.165, 1.54) is 16.8 Å². The topological polar surface area (TPSA) is 56.1 Å². The summed E-state index contributed by atoms with van der Waals surface area (Å²) < 4.78 is 20.3. The first-order chi connectivity index (χ1) is 13.3. The van der Waals surface area contributed by atoms with E-state index in [9.17, 15) is 9.18 Å². The maximum atomic E-state index is 13.1. The van der Waals surface area contributed by atoms with Gasteiger partial charge in [0.15, 0.2) is 0 Å². The molecule has 1 atom stereocenters. The second kappa shape index (κ2) is 8.12. The monoisotopic (exact) mass is 401 g/mol. The molecule has 1 aromatic heterocycles. The van der Waals surface area contributed by atoms with Gasteiger partial charge in [0.05, 0.1) is 12.2 Å². The van der Waals surface area contributed by atoms with Crippen LogP contribution in [0.5, 0.6) is 0 Å². The summed E-state index contributed by atoms with van der Waals surface area (Å²) in [5.41, 5.74) is 1.84. The Morgan fingerprint density at radius 2 is 1.96 bits per heavy atom. The smallest absolute Gasteiger partial charge is 0.269 e. The summed E-state index contributed by atoms with van der Waals surface area (Å²) in [6, 6.07) is 15.0. The van der Waals surface area contributed by atoms with Gasteiger partial charge < -0.3 is 10.1 Å². The molecule has 0 saturated carbocycles. The van der Waals surface area contributed by atoms with Gasteiger partial charge >= 0.3 is 0 Å². The molecule has 0 aliphatic heterocycles. The van der Waals surface area contributed by atoms with Crippen molar-refractivity contribution < 1.29 is 13.9 Å². The number of nitrogens with zero attached hydrogens (tertiary/aromatic N) is 2. The van der Waals surface area contributed by atoms with Crippen molar-refractivity contribution in [3.8, 4) is 11.3 Å². The Morgan fingerprint density at radius 3 is 2.61 bits per heavy atom. The van der Waals surface area contributed by atoms with Crippen LogP contribution < -0.4 is 5.32 Å². The molecule has 1 N–H and O–H groups in total. The van der Waals surface area contributed by atoms with Crippen LogP contribution in [0.15, 0.2) is 54.6 Å². The van der Waals surface area contributed by atoms with Gasteiger partial charge in [0.2, 0.25) is 0 Å². The number of benzene rings is 2. The molecule has 28 heavy (non-hydrogen) atoms. The summed E-state index contributed by atoms with van der Waals surface area (Å²) in [4.78, 5) is 12.7. The van der Waals surface area contributed by atoms with Crippen LogP contribution in [0.4, 0.5) is 4.39 Å². The van der Waals surface area contributed by atoms with Crippen molar-refractivity contribution in [1.29, 1.82) is 0 Å². The molecule has 1 amide bonds. The van der Waals surface area contributed by atoms with Crippen LogP contribution in [0.25, 0.3) is 11.3 Å². The maximum Gasteiger partial charge on any atom is 0.269 e. The predicted octanol–water partition coefficient (Wildman–Crippen LogP) is 4.17. The normalized spacial score (nSPS) is 13.2. The first-order valence-corrected chi connectivity index (χ1v) is 9.09. The zero-order valence-electron chi connectivity index (χ0n) is 15.9. The largest absolute Gasteiger partial charge is 0.372 e. The molecule has 2 aromatic carbocycles. The summed E-state index contributed by atoms with van der Waals surface area (Å²) in [6.07, 6.45) is 0. The van der Waals surface area contributed by atoms with Crippen LogP contribution >= 0.6 is 11.6 Å². The molecule has 1 heterocycles. The number of nitrogens with one attached hydrogen (secondary N) is 1. The van der Waals surface area contributed by atoms with Gasteiger partial charge in [-0.2, -0.15) is 5.10 Å². The Bertz CT molecular complexity index is 988. The lowest BCUT2D eigenvalue weighted by molar-refractivity contribution is 0.00307. The SMILES string of the molecule is COC(C)(CNC(=O)c1cc(-c2ccc(F)cc2)nn1C)c1cccc(Cl)c1. The van der Waals surface area contributed by atoms with E-state index in [1.807, 2.05) is 25.1 Å². The van der Waals surface area contributed by atoms with Crippen LogP contribution in [0.3, 0.4) is 0 Å². The molecule has 0 saturated heterocycles. The third kappa shape index (κ3) is 4.24. The van der Waals surface area contributed by atoms with Crippen molar-refractivity contribution in [2.75, 3.05) is 13.7 Å². The highest BCUT2D eigenvalue weighted by atomic mass is 35.5. The molecule has 0 fully saturated rings. The van der Waals surface area contributed by atoms with Crippen LogP contribution in [-0.2, 0) is 17.4 Å². The number of aryl methyl sites for hydroxylation is 1. The van der Waals surface area contributed by atoms with E-state index in [1.54, 1.807) is 38.4 Å². The number of hydrogen-bond donors (Lipinski definition) is 1. The fourth-order valence-corrected chi connectivity index (χ4v) is 3.08. The van der Waals surface area contributed by atoms with E-state index < -0.39 is 5.60 Å². The zero-order valence-corrected chi connectivity index (χ0v) is 16.6. The molecule has 5 nitrogen and oxygen atoms in total. The number of carbonyl (C=O) groups excluding carboxylic acids is 1. The number of hydrogen-bond acceptors (Lipinski definition) is 3. The molecule has 146 valence electrons. The molecule has 0 radical (unpaired) electrons. The Morgan fingerprint density at radius 1 is 1.25 bits per heavy atom. The highest BCUT2D eigenvalue weighted by molar-refractivity contribution is 6.30. The lowest BCUT2D eigenvalue weighted by atomic mass is 9.95. The molecule has 0 spiro atoms. The van der Waals surface area contributed by atoms with Crippen molar-refractivity contribution >= 4 is 17.5 Å². The molecular weight excluding hydrogens is 381 g/mol. The first-order valence-electron chi connectivity index (χ1n) is 8.72. The standard InChI is InChI=1S/C21H21ClFN3O2/c1-21(28-3,15-5-4-6-16(22)11-15)13-24-20(27)19-12-18(25-26(19)2)14-7-9-17(23)10-8-14/h4-12H,13H2,1-3H3,(H,24,27). The average Bonchev–Trinajstić information content (AvgIpc) is 3.08. The van der Waals surface area contributed by atoms with Crippen LogP contribution in [0, 0.1) is 5.82 Å². The Kier molecular flexibility index (Phi) is 5.82. The maximum absolute atomic E-state index is 13.1. The first kappa shape index (κ1) is 20.0. The summed E-state index contributed by atoms with van der Waals surface area (Å²) in [7, 11) is 3.28. The molecule has 0 aliphatic carbocycles. The highest BCUT2D eigenvalue weighted by Crippen LogP contribution is 2.26. The number of methoxy groups -OCH3 is 1. The number of amides is 1. The van der Waals surface area contributed by atoms with E-state index >= 15 is 0 Å². The number of halogens is 2. The minimum absolute atomic E-state index is 0.250. The predicted molar refractivity (Wildman–Crippen MR) is 107 cm³/mol. The minimum Gasteiger partial charge on any atom is -0.372 e. The molecule has 7 heteroatoms. The van der Waals surface area contributed by atoms with Crippen molar-refractivity contribution in [2.45, 2.75) is 12.5 Å². The molecule has 0 aliphatic rings. The second-order valence-electron chi connectivity index (χ2n) is 6.67. The van der Waals surface area contributed by atoms with E-state index in [0.717, 1.165) is 11.1 Å². The molecule has 3 rings (SSSR count). The van der Waals surface area contributed by atoms with Gasteiger partial charge in [0, 0.05) is 24.7 Å². The highest BCUT2D eigenvalue weighted by Gasteiger charge is 2.28. The van der Waals surface area contributed by atoms with Gasteiger partial charge in [-0.1, -0.05) is 23.7 Å². The summed E-state index contributed by atoms with van der Waals surface area (Å²) in [5.74, 6) is -0.605. The summed E-state index contributed by atoms with van der Waals surface area (Å²) in [5, 5.41) is 7.85. The Labute approximate surface area is 168 Å². The van der Waals surface area contributed by atoms with E-state index in [0.29, 0.717) is 16.4 Å². The van der Waals surface area contributed by atoms with Gasteiger partial charge in [0.1, 0.15) is 17.1 Å². The number of rotatable bonds is 6. The van der Waals surface area contributed by atoms with Crippen molar-refractivity contribution in [2.24, 2.45) is 7.05 Å². The zero-order chi connectivity index (χ0) is 20.3. The molecular formula is C21H21ClFN3O2. The van der Waals surface area contributed by atoms with E-state index in [2.05, 4.69) is 10.4 Å². The Balaban J connectivity index is 1.76. The number of aromatic nitrogens is 2. The van der Waals surface area contributed by atoms with Crippen molar-refractivity contribution in [3.05, 3.63) is 76.7 Å². The van der Waals surface area contributed by atoms with Gasteiger partial charge in [-0.05, 0) is 55.0 Å². The van der Waals surface area contributed by atoms with Gasteiger partial charge in [0.25, 0.3) is 5.91 Å². The van der Waals surface area contributed by atoms with Gasteiger partial charge in [-0.15, -0.1) is 0 Å². The van der Waals surface area contributed by atoms with Crippen LogP contribution in [0.1, 0.15) is 23.0 Å². The number of ether oxygens (including phenoxy) is 1. The minimum atomic E-state index is -0.737. The second-order valence-corrected chi connectivity index (χ2v) is 7.11. The third-order valence-corrected chi connectivity index (χ3v) is 4.96. The quantitative estimate of drug-likeness (QED) is 0.674. The summed E-state index contributed by atoms with van der Waals surface area (Å²) >= 11 is 6.08. The average molecular weight is 402 g/mol. The molecule has 3 aromatic rings. The van der Waals surface area contributed by atoms with Gasteiger partial charge in [-0.25, -0.2) is 4.39 Å². The Hall–Kier alpha value is -2.70. The fourth-order valence-electron chi connectivity index (χ4n) is 2.89. The number of carbonyl (C=O) groups is 1. The van der Waals surface area contributed by atoms with Crippen molar-refractivity contribution in [3.63, 3.8) is 0 Å². The third-order valence-electron chi connectivity index (χ3n) is 4.72. The lowest BCUT2D eigenvalue weighted by Gasteiger charge is -2.29. The molecule has 0 bridgehead atoms. The fraction of sp³-hybridized carbons (Fsp3) is 0.238. The van der Waals surface area contributed by atoms with E-state index in [-0.39, 0.29) is 18.3 Å².